The van der Waals surface area contributed by atoms with E-state index in [2.05, 4.69) is 27.1 Å². The molecular weight excluding hydrogens is 528 g/mol. The number of thiazole rings is 1. The van der Waals surface area contributed by atoms with Crippen LogP contribution in [0.3, 0.4) is 0 Å². The largest absolute Gasteiger partial charge is 0.448 e. The van der Waals surface area contributed by atoms with Gasteiger partial charge >= 0.3 is 6.09 Å². The number of hydrogen-bond acceptors (Lipinski definition) is 8. The quantitative estimate of drug-likeness (QED) is 0.443. The zero-order chi connectivity index (χ0) is 27.2. The molecule has 1 unspecified atom stereocenters. The molecule has 4 rings (SSSR count). The summed E-state index contributed by atoms with van der Waals surface area (Å²) in [7, 11) is 0. The molecule has 1 atom stereocenters. The summed E-state index contributed by atoms with van der Waals surface area (Å²) >= 11 is 7.50. The van der Waals surface area contributed by atoms with E-state index in [1.54, 1.807) is 18.5 Å². The lowest BCUT2D eigenvalue weighted by Crippen LogP contribution is -2.51. The summed E-state index contributed by atoms with van der Waals surface area (Å²) in [4.78, 5) is 52.2. The van der Waals surface area contributed by atoms with E-state index in [1.165, 1.54) is 16.2 Å². The summed E-state index contributed by atoms with van der Waals surface area (Å²) in [6, 6.07) is 2.06. The van der Waals surface area contributed by atoms with Crippen LogP contribution in [0.4, 0.5) is 4.79 Å². The summed E-state index contributed by atoms with van der Waals surface area (Å²) in [6.07, 6.45) is 2.06. The topological polar surface area (TPSA) is 108 Å². The minimum atomic E-state index is -0.430. The number of ether oxygens (including phenoxy) is 1. The van der Waals surface area contributed by atoms with Gasteiger partial charge in [0.05, 0.1) is 35.6 Å². The van der Waals surface area contributed by atoms with Crippen LogP contribution in [0.2, 0.25) is 5.15 Å². The molecule has 0 saturated carbocycles. The summed E-state index contributed by atoms with van der Waals surface area (Å²) < 4.78 is 4.99. The molecule has 1 N–H and O–H groups in total. The van der Waals surface area contributed by atoms with Gasteiger partial charge in [-0.2, -0.15) is 0 Å². The van der Waals surface area contributed by atoms with Gasteiger partial charge in [-0.25, -0.2) is 14.8 Å². The molecule has 2 saturated heterocycles. The molecule has 2 aliphatic heterocycles. The molecule has 12 heteroatoms. The van der Waals surface area contributed by atoms with Gasteiger partial charge in [-0.05, 0) is 51.7 Å². The van der Waals surface area contributed by atoms with Crippen molar-refractivity contribution in [1.29, 1.82) is 0 Å². The third-order valence-corrected chi connectivity index (χ3v) is 8.14. The molecule has 3 amide bonds. The Hall–Kier alpha value is -2.76. The van der Waals surface area contributed by atoms with Crippen LogP contribution in [-0.2, 0) is 16.1 Å². The van der Waals surface area contributed by atoms with Crippen LogP contribution < -0.4 is 5.32 Å². The van der Waals surface area contributed by atoms with E-state index in [4.69, 9.17) is 16.3 Å². The lowest BCUT2D eigenvalue weighted by atomic mass is 10.00. The zero-order valence-electron chi connectivity index (χ0n) is 22.1. The first-order valence-electron chi connectivity index (χ1n) is 13.0. The number of carbonyl (C=O) groups excluding carboxylic acids is 3. The number of likely N-dealkylation sites (tertiary alicyclic amines) is 1. The van der Waals surface area contributed by atoms with E-state index in [0.29, 0.717) is 42.7 Å². The van der Waals surface area contributed by atoms with E-state index in [-0.39, 0.29) is 30.4 Å². The van der Waals surface area contributed by atoms with Gasteiger partial charge in [0.15, 0.2) is 0 Å². The number of piperidine rings is 1. The Kier molecular flexibility index (Phi) is 9.56. The van der Waals surface area contributed by atoms with Crippen LogP contribution in [0.25, 0.3) is 0 Å². The second kappa shape index (κ2) is 12.9. The van der Waals surface area contributed by atoms with Crippen LogP contribution in [0.15, 0.2) is 17.0 Å². The van der Waals surface area contributed by atoms with Crippen molar-refractivity contribution in [1.82, 2.24) is 30.0 Å². The highest BCUT2D eigenvalue weighted by Gasteiger charge is 2.33. The molecule has 0 bridgehead atoms. The summed E-state index contributed by atoms with van der Waals surface area (Å²) in [5, 5.41) is 5.37. The number of rotatable bonds is 10. The number of carbonyl (C=O) groups is 3. The first-order chi connectivity index (χ1) is 18.2. The number of pyridine rings is 1. The number of amides is 3. The average Bonchev–Trinajstić information content (AvgIpc) is 3.53. The lowest BCUT2D eigenvalue weighted by Gasteiger charge is -2.41. The number of halogens is 1. The number of cyclic esters (lactones) is 1. The van der Waals surface area contributed by atoms with Crippen molar-refractivity contribution in [3.63, 3.8) is 0 Å². The van der Waals surface area contributed by atoms with Crippen LogP contribution in [0.1, 0.15) is 53.5 Å². The first kappa shape index (κ1) is 28.3. The molecule has 0 radical (unpaired) electrons. The predicted octanol–water partition coefficient (Wildman–Crippen LogP) is 3.26. The monoisotopic (exact) mass is 562 g/mol. The van der Waals surface area contributed by atoms with Gasteiger partial charge in [0, 0.05) is 37.1 Å². The molecular formula is C26H35ClN6O4S. The fourth-order valence-electron chi connectivity index (χ4n) is 5.17. The molecule has 38 heavy (non-hydrogen) atoms. The molecule has 4 heterocycles. The van der Waals surface area contributed by atoms with Gasteiger partial charge in [-0.15, -0.1) is 11.3 Å². The fraction of sp³-hybridized carbons (Fsp3) is 0.577. The highest BCUT2D eigenvalue weighted by atomic mass is 35.5. The van der Waals surface area contributed by atoms with Gasteiger partial charge < -0.3 is 19.9 Å². The third-order valence-electron chi connectivity index (χ3n) is 7.31. The molecule has 10 nitrogen and oxygen atoms in total. The van der Waals surface area contributed by atoms with Crippen molar-refractivity contribution in [2.24, 2.45) is 0 Å². The van der Waals surface area contributed by atoms with E-state index in [9.17, 15) is 14.4 Å². The Morgan fingerprint density at radius 2 is 2.05 bits per heavy atom. The summed E-state index contributed by atoms with van der Waals surface area (Å²) in [5.74, 6) is -0.207. The van der Waals surface area contributed by atoms with Gasteiger partial charge in [-0.3, -0.25) is 14.5 Å². The second-order valence-corrected chi connectivity index (χ2v) is 11.0. The van der Waals surface area contributed by atoms with Gasteiger partial charge in [0.25, 0.3) is 5.91 Å². The molecule has 0 spiro atoms. The molecule has 2 aromatic heterocycles. The molecule has 2 aliphatic rings. The van der Waals surface area contributed by atoms with Crippen molar-refractivity contribution in [3.05, 3.63) is 44.6 Å². The Morgan fingerprint density at radius 1 is 1.29 bits per heavy atom. The maximum atomic E-state index is 13.3. The normalized spacial score (nSPS) is 17.4. The number of hydrogen-bond donors (Lipinski definition) is 1. The van der Waals surface area contributed by atoms with Crippen molar-refractivity contribution >= 4 is 40.8 Å². The summed E-state index contributed by atoms with van der Waals surface area (Å²) in [5.41, 5.74) is 4.65. The van der Waals surface area contributed by atoms with Gasteiger partial charge in [0.1, 0.15) is 18.3 Å². The van der Waals surface area contributed by atoms with Crippen LogP contribution >= 0.6 is 22.9 Å². The highest BCUT2D eigenvalue weighted by molar-refractivity contribution is 7.07. The second-order valence-electron chi connectivity index (χ2n) is 9.92. The number of nitrogens with one attached hydrogen (secondary N) is 1. The standard InChI is InChI=1S/C26H35ClN6O4S/c1-17-12-22(27)30-19(3)24(17)25(35)28-7-4-18(2)31-8-5-21(6-9-31)33(13-20-15-38-16-29-20)23(34)14-32-10-11-37-26(32)36/h12,15-16,18,21H,4-11,13-14H2,1-3H3,(H,28,35). The minimum Gasteiger partial charge on any atom is -0.448 e. The minimum absolute atomic E-state index is 0.0291. The average molecular weight is 563 g/mol. The summed E-state index contributed by atoms with van der Waals surface area (Å²) in [6.45, 7) is 9.32. The van der Waals surface area contributed by atoms with Crippen molar-refractivity contribution < 1.29 is 19.1 Å². The van der Waals surface area contributed by atoms with E-state index in [1.807, 2.05) is 17.2 Å². The van der Waals surface area contributed by atoms with E-state index in [0.717, 1.165) is 43.6 Å². The molecule has 2 aromatic rings. The van der Waals surface area contributed by atoms with Crippen molar-refractivity contribution in [3.8, 4) is 0 Å². The molecule has 2 fully saturated rings. The fourth-order valence-corrected chi connectivity index (χ4v) is 6.01. The number of aryl methyl sites for hydroxylation is 2. The Morgan fingerprint density at radius 3 is 2.68 bits per heavy atom. The smallest absolute Gasteiger partial charge is 0.410 e. The van der Waals surface area contributed by atoms with Crippen LogP contribution in [0.5, 0.6) is 0 Å². The molecule has 206 valence electrons. The zero-order valence-corrected chi connectivity index (χ0v) is 23.7. The molecule has 0 aliphatic carbocycles. The first-order valence-corrected chi connectivity index (χ1v) is 14.3. The van der Waals surface area contributed by atoms with Crippen LogP contribution in [0, 0.1) is 13.8 Å². The Bertz CT molecular complexity index is 1120. The Balaban J connectivity index is 1.28. The van der Waals surface area contributed by atoms with Crippen molar-refractivity contribution in [2.75, 3.05) is 39.3 Å². The number of nitrogens with zero attached hydrogens (tertiary/aromatic N) is 5. The number of aromatic nitrogens is 2. The Labute approximate surface area is 232 Å². The third kappa shape index (κ3) is 7.00. The lowest BCUT2D eigenvalue weighted by molar-refractivity contribution is -0.136. The van der Waals surface area contributed by atoms with E-state index < -0.39 is 6.09 Å². The van der Waals surface area contributed by atoms with Crippen molar-refractivity contribution in [2.45, 2.75) is 58.7 Å². The van der Waals surface area contributed by atoms with Crippen LogP contribution in [-0.4, -0.2) is 94.0 Å². The molecule has 0 aromatic carbocycles. The predicted molar refractivity (Wildman–Crippen MR) is 145 cm³/mol. The van der Waals surface area contributed by atoms with Gasteiger partial charge in [-0.1, -0.05) is 11.6 Å². The van der Waals surface area contributed by atoms with Gasteiger partial charge in [0.2, 0.25) is 5.91 Å². The maximum Gasteiger partial charge on any atom is 0.410 e. The SMILES string of the molecule is Cc1cc(Cl)nc(C)c1C(=O)NCCC(C)N1CCC(N(Cc2cscn2)C(=O)CN2CCOC2=O)CC1. The maximum absolute atomic E-state index is 13.3. The van der Waals surface area contributed by atoms with E-state index >= 15 is 0 Å². The highest BCUT2D eigenvalue weighted by Crippen LogP contribution is 2.22.